The molecule has 0 aliphatic rings. The lowest BCUT2D eigenvalue weighted by Crippen LogP contribution is -2.22. The third kappa shape index (κ3) is 5.71. The van der Waals surface area contributed by atoms with Gasteiger partial charge < -0.3 is 5.32 Å². The summed E-state index contributed by atoms with van der Waals surface area (Å²) >= 11 is 0. The maximum Gasteiger partial charge on any atom is 0.272 e. The number of carbonyl (C=O) groups excluding carboxylic acids is 1. The van der Waals surface area contributed by atoms with Gasteiger partial charge in [-0.3, -0.25) is 14.9 Å². The number of amides is 1. The average Bonchev–Trinajstić information content (AvgIpc) is 2.87. The fourth-order valence-corrected chi connectivity index (χ4v) is 3.79. The third-order valence-electron chi connectivity index (χ3n) is 5.56. The summed E-state index contributed by atoms with van der Waals surface area (Å²) in [6.07, 6.45) is 1.28. The van der Waals surface area contributed by atoms with Crippen LogP contribution in [0, 0.1) is 10.1 Å². The molecule has 1 N–H and O–H groups in total. The van der Waals surface area contributed by atoms with E-state index in [2.05, 4.69) is 5.32 Å². The number of benzene rings is 4. The van der Waals surface area contributed by atoms with Gasteiger partial charge in [-0.15, -0.1) is 0 Å². The minimum absolute atomic E-state index is 0.117. The Bertz CT molecular complexity index is 1250. The number of nitro groups is 1. The van der Waals surface area contributed by atoms with Gasteiger partial charge in [0.05, 0.1) is 4.92 Å². The van der Waals surface area contributed by atoms with Crippen molar-refractivity contribution in [3.63, 3.8) is 0 Å². The van der Waals surface area contributed by atoms with E-state index in [4.69, 9.17) is 0 Å². The quantitative estimate of drug-likeness (QED) is 0.273. The first-order valence-electron chi connectivity index (χ1n) is 10.8. The molecule has 0 aromatic heterocycles. The van der Waals surface area contributed by atoms with Crippen LogP contribution in [0.25, 0.3) is 11.1 Å². The van der Waals surface area contributed by atoms with Crippen LogP contribution in [-0.4, -0.2) is 10.8 Å². The monoisotopic (exact) mass is 436 g/mol. The summed E-state index contributed by atoms with van der Waals surface area (Å²) in [6, 6.07) is 32.2. The normalized spacial score (nSPS) is 10.5. The second-order valence-electron chi connectivity index (χ2n) is 7.84. The molecule has 0 aliphatic carbocycles. The van der Waals surface area contributed by atoms with E-state index in [0.717, 1.165) is 22.3 Å². The zero-order valence-corrected chi connectivity index (χ0v) is 18.1. The summed E-state index contributed by atoms with van der Waals surface area (Å²) in [6.45, 7) is 0.449. The lowest BCUT2D eigenvalue weighted by Gasteiger charge is -2.10. The Hall–Kier alpha value is -4.25. The highest BCUT2D eigenvalue weighted by Gasteiger charge is 2.15. The molecule has 33 heavy (non-hydrogen) atoms. The Kier molecular flexibility index (Phi) is 6.90. The number of nitrogens with one attached hydrogen (secondary N) is 1. The number of hydrogen-bond acceptors (Lipinski definition) is 3. The number of nitro benzene ring substituents is 1. The van der Waals surface area contributed by atoms with E-state index < -0.39 is 0 Å². The second kappa shape index (κ2) is 10.4. The van der Waals surface area contributed by atoms with Crippen LogP contribution in [0.1, 0.15) is 27.0 Å². The largest absolute Gasteiger partial charge is 0.348 e. The molecule has 4 rings (SSSR count). The molecule has 5 nitrogen and oxygen atoms in total. The number of hydrogen-bond donors (Lipinski definition) is 1. The van der Waals surface area contributed by atoms with E-state index in [-0.39, 0.29) is 16.5 Å². The first kappa shape index (κ1) is 22.0. The lowest BCUT2D eigenvalue weighted by atomic mass is 9.96. The van der Waals surface area contributed by atoms with Gasteiger partial charge in [0.25, 0.3) is 11.6 Å². The molecule has 4 aromatic rings. The Labute approximate surface area is 192 Å². The third-order valence-corrected chi connectivity index (χ3v) is 5.56. The van der Waals surface area contributed by atoms with Gasteiger partial charge in [-0.05, 0) is 59.4 Å². The molecule has 0 unspecified atom stereocenters. The molecular formula is C28H24N2O3. The van der Waals surface area contributed by atoms with Gasteiger partial charge in [0.1, 0.15) is 0 Å². The molecule has 0 fully saturated rings. The SMILES string of the molecule is O=C(NCc1ccccc1)c1cccc(-c2ccc([N+](=O)[O-])c(CCc3ccccc3)c2)c1. The molecule has 0 aliphatic heterocycles. The maximum atomic E-state index is 12.7. The van der Waals surface area contributed by atoms with Crippen LogP contribution in [0.5, 0.6) is 0 Å². The first-order valence-corrected chi connectivity index (χ1v) is 10.8. The zero-order valence-electron chi connectivity index (χ0n) is 18.1. The van der Waals surface area contributed by atoms with Crippen LogP contribution in [0.4, 0.5) is 5.69 Å². The summed E-state index contributed by atoms with van der Waals surface area (Å²) in [5.74, 6) is -0.160. The van der Waals surface area contributed by atoms with Crippen LogP contribution < -0.4 is 5.32 Å². The molecule has 0 saturated carbocycles. The lowest BCUT2D eigenvalue weighted by molar-refractivity contribution is -0.385. The maximum absolute atomic E-state index is 12.7. The number of nitrogens with zero attached hydrogens (tertiary/aromatic N) is 1. The highest BCUT2D eigenvalue weighted by Crippen LogP contribution is 2.28. The van der Waals surface area contributed by atoms with Gasteiger partial charge in [0.2, 0.25) is 0 Å². The van der Waals surface area contributed by atoms with E-state index in [1.807, 2.05) is 84.9 Å². The molecule has 0 saturated heterocycles. The van der Waals surface area contributed by atoms with Gasteiger partial charge in [-0.2, -0.15) is 0 Å². The Morgan fingerprint density at radius 1 is 0.727 bits per heavy atom. The standard InChI is InChI=1S/C28H24N2O3/c31-28(29-20-22-10-5-2-6-11-22)26-13-7-12-23(19-26)24-16-17-27(30(32)33)25(18-24)15-14-21-8-3-1-4-9-21/h1-13,16-19H,14-15,20H2,(H,29,31). The summed E-state index contributed by atoms with van der Waals surface area (Å²) in [5.41, 5.74) is 5.20. The summed E-state index contributed by atoms with van der Waals surface area (Å²) < 4.78 is 0. The molecule has 0 heterocycles. The van der Waals surface area contributed by atoms with Gasteiger partial charge in [0.15, 0.2) is 0 Å². The van der Waals surface area contributed by atoms with Crippen LogP contribution in [0.15, 0.2) is 103 Å². The molecule has 4 aromatic carbocycles. The van der Waals surface area contributed by atoms with Crippen molar-refractivity contribution in [2.45, 2.75) is 19.4 Å². The van der Waals surface area contributed by atoms with E-state index in [0.29, 0.717) is 30.5 Å². The second-order valence-corrected chi connectivity index (χ2v) is 7.84. The summed E-state index contributed by atoms with van der Waals surface area (Å²) in [5, 5.41) is 14.5. The van der Waals surface area contributed by atoms with Crippen molar-refractivity contribution in [3.05, 3.63) is 135 Å². The molecule has 0 bridgehead atoms. The fourth-order valence-electron chi connectivity index (χ4n) is 3.79. The predicted molar refractivity (Wildman–Crippen MR) is 130 cm³/mol. The molecule has 1 amide bonds. The van der Waals surface area contributed by atoms with Crippen molar-refractivity contribution in [1.82, 2.24) is 5.32 Å². The highest BCUT2D eigenvalue weighted by atomic mass is 16.6. The molecule has 0 radical (unpaired) electrons. The first-order chi connectivity index (χ1) is 16.1. The smallest absolute Gasteiger partial charge is 0.272 e. The van der Waals surface area contributed by atoms with Crippen molar-refractivity contribution < 1.29 is 9.72 Å². The van der Waals surface area contributed by atoms with E-state index >= 15 is 0 Å². The highest BCUT2D eigenvalue weighted by molar-refractivity contribution is 5.95. The molecule has 5 heteroatoms. The molecular weight excluding hydrogens is 412 g/mol. The Morgan fingerprint density at radius 2 is 1.39 bits per heavy atom. The number of carbonyl (C=O) groups is 1. The van der Waals surface area contributed by atoms with Gasteiger partial charge in [-0.25, -0.2) is 0 Å². The van der Waals surface area contributed by atoms with Crippen molar-refractivity contribution in [2.24, 2.45) is 0 Å². The van der Waals surface area contributed by atoms with E-state index in [1.54, 1.807) is 18.2 Å². The zero-order chi connectivity index (χ0) is 23.0. The Morgan fingerprint density at radius 3 is 2.09 bits per heavy atom. The molecule has 164 valence electrons. The number of rotatable bonds is 8. The van der Waals surface area contributed by atoms with Crippen LogP contribution in [0.2, 0.25) is 0 Å². The summed E-state index contributed by atoms with van der Waals surface area (Å²) in [7, 11) is 0. The topological polar surface area (TPSA) is 72.2 Å². The molecule has 0 atom stereocenters. The van der Waals surface area contributed by atoms with E-state index in [9.17, 15) is 14.9 Å². The van der Waals surface area contributed by atoms with Gasteiger partial charge in [0, 0.05) is 23.7 Å². The minimum Gasteiger partial charge on any atom is -0.348 e. The van der Waals surface area contributed by atoms with Crippen LogP contribution in [0.3, 0.4) is 0 Å². The van der Waals surface area contributed by atoms with Gasteiger partial charge in [-0.1, -0.05) is 72.8 Å². The van der Waals surface area contributed by atoms with Crippen molar-refractivity contribution in [1.29, 1.82) is 0 Å². The van der Waals surface area contributed by atoms with Crippen molar-refractivity contribution >= 4 is 11.6 Å². The van der Waals surface area contributed by atoms with Gasteiger partial charge >= 0.3 is 0 Å². The Balaban J connectivity index is 1.54. The van der Waals surface area contributed by atoms with Crippen molar-refractivity contribution in [3.8, 4) is 11.1 Å². The summed E-state index contributed by atoms with van der Waals surface area (Å²) in [4.78, 5) is 23.9. The fraction of sp³-hybridized carbons (Fsp3) is 0.107. The molecule has 0 spiro atoms. The van der Waals surface area contributed by atoms with E-state index in [1.165, 1.54) is 0 Å². The van der Waals surface area contributed by atoms with Crippen LogP contribution in [-0.2, 0) is 19.4 Å². The average molecular weight is 437 g/mol. The van der Waals surface area contributed by atoms with Crippen molar-refractivity contribution in [2.75, 3.05) is 0 Å². The number of aryl methyl sites for hydroxylation is 2. The van der Waals surface area contributed by atoms with Crippen LogP contribution >= 0.6 is 0 Å². The minimum atomic E-state index is -0.336. The predicted octanol–water partition coefficient (Wildman–Crippen LogP) is 5.98.